The zero-order valence-electron chi connectivity index (χ0n) is 12.8. The molecule has 0 amide bonds. The minimum Gasteiger partial charge on any atom is -0.356 e. The fraction of sp³-hybridized carbons (Fsp3) is 0.562. The molecule has 1 aromatic carbocycles. The van der Waals surface area contributed by atoms with E-state index in [4.69, 9.17) is 0 Å². The molecule has 4 heteroatoms. The Balaban J connectivity index is 2.00. The third-order valence-electron chi connectivity index (χ3n) is 3.60. The molecular formula is C16H24FN3. The van der Waals surface area contributed by atoms with Crippen LogP contribution in [0.4, 0.5) is 4.39 Å². The van der Waals surface area contributed by atoms with Crippen molar-refractivity contribution in [3.63, 3.8) is 0 Å². The smallest absolute Gasteiger partial charge is 0.191 e. The van der Waals surface area contributed by atoms with Crippen LogP contribution in [0.2, 0.25) is 0 Å². The first-order chi connectivity index (χ1) is 9.35. The van der Waals surface area contributed by atoms with Crippen molar-refractivity contribution in [1.82, 2.24) is 10.6 Å². The molecule has 0 spiro atoms. The third kappa shape index (κ3) is 3.71. The van der Waals surface area contributed by atoms with Gasteiger partial charge in [-0.05, 0) is 51.3 Å². The number of guanidine groups is 1. The number of benzene rings is 1. The van der Waals surface area contributed by atoms with E-state index in [-0.39, 0.29) is 16.8 Å². The highest BCUT2D eigenvalue weighted by Gasteiger charge is 2.44. The zero-order chi connectivity index (χ0) is 14.8. The summed E-state index contributed by atoms with van der Waals surface area (Å²) in [5, 5.41) is 6.70. The summed E-state index contributed by atoms with van der Waals surface area (Å²) in [7, 11) is 1.77. The first-order valence-corrected chi connectivity index (χ1v) is 7.10. The minimum atomic E-state index is -0.161. The van der Waals surface area contributed by atoms with Gasteiger partial charge in [-0.2, -0.15) is 0 Å². The molecule has 0 unspecified atom stereocenters. The Labute approximate surface area is 120 Å². The topological polar surface area (TPSA) is 36.4 Å². The molecular weight excluding hydrogens is 253 g/mol. The average molecular weight is 277 g/mol. The molecule has 0 radical (unpaired) electrons. The highest BCUT2D eigenvalue weighted by Crippen LogP contribution is 2.47. The second-order valence-corrected chi connectivity index (χ2v) is 6.59. The van der Waals surface area contributed by atoms with E-state index in [0.717, 1.165) is 30.9 Å². The number of rotatable bonds is 3. The van der Waals surface area contributed by atoms with E-state index < -0.39 is 0 Å². The van der Waals surface area contributed by atoms with Crippen LogP contribution < -0.4 is 10.6 Å². The van der Waals surface area contributed by atoms with Crippen LogP contribution in [-0.2, 0) is 5.41 Å². The maximum absolute atomic E-state index is 13.4. The van der Waals surface area contributed by atoms with Gasteiger partial charge in [0.15, 0.2) is 5.96 Å². The molecule has 110 valence electrons. The molecule has 20 heavy (non-hydrogen) atoms. The second-order valence-electron chi connectivity index (χ2n) is 6.59. The molecule has 1 saturated carbocycles. The Kier molecular flexibility index (Phi) is 4.02. The molecule has 0 aliphatic heterocycles. The number of aliphatic imine (C=N–C) groups is 1. The molecule has 0 aromatic heterocycles. The Morgan fingerprint density at radius 2 is 2.05 bits per heavy atom. The SMILES string of the molecule is CN=C(NCC1(c2cccc(F)c2)CC1)NC(C)(C)C. The van der Waals surface area contributed by atoms with Crippen LogP contribution >= 0.6 is 0 Å². The number of nitrogens with zero attached hydrogens (tertiary/aromatic N) is 1. The molecule has 2 rings (SSSR count). The molecule has 0 saturated heterocycles. The van der Waals surface area contributed by atoms with Crippen LogP contribution in [0.25, 0.3) is 0 Å². The van der Waals surface area contributed by atoms with Gasteiger partial charge in [-0.15, -0.1) is 0 Å². The van der Waals surface area contributed by atoms with Gasteiger partial charge in [-0.1, -0.05) is 12.1 Å². The lowest BCUT2D eigenvalue weighted by atomic mass is 9.96. The molecule has 1 aliphatic carbocycles. The van der Waals surface area contributed by atoms with Gasteiger partial charge in [0.1, 0.15) is 5.82 Å². The predicted octanol–water partition coefficient (Wildman–Crippen LogP) is 2.82. The maximum Gasteiger partial charge on any atom is 0.191 e. The lowest BCUT2D eigenvalue weighted by Gasteiger charge is -2.25. The van der Waals surface area contributed by atoms with Crippen LogP contribution in [0.1, 0.15) is 39.2 Å². The summed E-state index contributed by atoms with van der Waals surface area (Å²) in [6, 6.07) is 6.94. The van der Waals surface area contributed by atoms with E-state index in [2.05, 4.69) is 36.4 Å². The normalized spacial score (nSPS) is 17.8. The fourth-order valence-corrected chi connectivity index (χ4v) is 2.32. The first kappa shape index (κ1) is 14.8. The van der Waals surface area contributed by atoms with Crippen molar-refractivity contribution in [3.8, 4) is 0 Å². The van der Waals surface area contributed by atoms with Gasteiger partial charge in [0, 0.05) is 24.5 Å². The van der Waals surface area contributed by atoms with Crippen molar-refractivity contribution in [2.45, 2.75) is 44.6 Å². The Morgan fingerprint density at radius 1 is 1.35 bits per heavy atom. The highest BCUT2D eigenvalue weighted by atomic mass is 19.1. The minimum absolute atomic E-state index is 0.0303. The first-order valence-electron chi connectivity index (χ1n) is 7.10. The molecule has 2 N–H and O–H groups in total. The van der Waals surface area contributed by atoms with Crippen LogP contribution in [0.5, 0.6) is 0 Å². The zero-order valence-corrected chi connectivity index (χ0v) is 12.8. The van der Waals surface area contributed by atoms with E-state index in [0.29, 0.717) is 0 Å². The van der Waals surface area contributed by atoms with Crippen LogP contribution in [0.15, 0.2) is 29.3 Å². The standard InChI is InChI=1S/C16H24FN3/c1-15(2,3)20-14(18-4)19-11-16(8-9-16)12-6-5-7-13(17)10-12/h5-7,10H,8-9,11H2,1-4H3,(H2,18,19,20). The maximum atomic E-state index is 13.4. The summed E-state index contributed by atoms with van der Waals surface area (Å²) in [5.74, 6) is 0.631. The lowest BCUT2D eigenvalue weighted by Crippen LogP contribution is -2.49. The summed E-state index contributed by atoms with van der Waals surface area (Å²) in [4.78, 5) is 4.24. The van der Waals surface area contributed by atoms with Gasteiger partial charge in [0.2, 0.25) is 0 Å². The fourth-order valence-electron chi connectivity index (χ4n) is 2.32. The van der Waals surface area contributed by atoms with Gasteiger partial charge in [0.25, 0.3) is 0 Å². The number of nitrogens with one attached hydrogen (secondary N) is 2. The summed E-state index contributed by atoms with van der Waals surface area (Å²) in [6.45, 7) is 7.07. The number of hydrogen-bond acceptors (Lipinski definition) is 1. The Hall–Kier alpha value is -1.58. The van der Waals surface area contributed by atoms with Crippen LogP contribution in [0.3, 0.4) is 0 Å². The average Bonchev–Trinajstić information content (AvgIpc) is 3.14. The van der Waals surface area contributed by atoms with Crippen molar-refractivity contribution in [3.05, 3.63) is 35.6 Å². The quantitative estimate of drug-likeness (QED) is 0.658. The Bertz CT molecular complexity index is 499. The Morgan fingerprint density at radius 3 is 2.55 bits per heavy atom. The molecule has 1 aromatic rings. The van der Waals surface area contributed by atoms with Gasteiger partial charge >= 0.3 is 0 Å². The summed E-state index contributed by atoms with van der Waals surface area (Å²) < 4.78 is 13.4. The molecule has 0 bridgehead atoms. The van der Waals surface area contributed by atoms with Gasteiger partial charge in [-0.3, -0.25) is 4.99 Å². The number of halogens is 1. The molecule has 3 nitrogen and oxygen atoms in total. The molecule has 1 aliphatic rings. The van der Waals surface area contributed by atoms with E-state index >= 15 is 0 Å². The summed E-state index contributed by atoms with van der Waals surface area (Å²) in [6.07, 6.45) is 2.19. The predicted molar refractivity (Wildman–Crippen MR) is 81.6 cm³/mol. The summed E-state index contributed by atoms with van der Waals surface area (Å²) in [5.41, 5.74) is 1.12. The monoisotopic (exact) mass is 277 g/mol. The van der Waals surface area contributed by atoms with Crippen molar-refractivity contribution < 1.29 is 4.39 Å². The second kappa shape index (κ2) is 5.43. The van der Waals surface area contributed by atoms with Crippen molar-refractivity contribution in [2.75, 3.05) is 13.6 Å². The van der Waals surface area contributed by atoms with Gasteiger partial charge in [-0.25, -0.2) is 4.39 Å². The van der Waals surface area contributed by atoms with Crippen LogP contribution in [-0.4, -0.2) is 25.1 Å². The van der Waals surface area contributed by atoms with Crippen LogP contribution in [0, 0.1) is 5.82 Å². The largest absolute Gasteiger partial charge is 0.356 e. The van der Waals surface area contributed by atoms with E-state index in [1.807, 2.05) is 6.07 Å². The van der Waals surface area contributed by atoms with E-state index in [1.165, 1.54) is 6.07 Å². The molecule has 0 heterocycles. The van der Waals surface area contributed by atoms with Gasteiger partial charge in [0.05, 0.1) is 0 Å². The summed E-state index contributed by atoms with van der Waals surface area (Å²) >= 11 is 0. The lowest BCUT2D eigenvalue weighted by molar-refractivity contribution is 0.497. The highest BCUT2D eigenvalue weighted by molar-refractivity contribution is 5.80. The molecule has 1 fully saturated rings. The van der Waals surface area contributed by atoms with Crippen molar-refractivity contribution >= 4 is 5.96 Å². The number of hydrogen-bond donors (Lipinski definition) is 2. The third-order valence-corrected chi connectivity index (χ3v) is 3.60. The van der Waals surface area contributed by atoms with E-state index in [1.54, 1.807) is 19.2 Å². The van der Waals surface area contributed by atoms with Crippen molar-refractivity contribution in [1.29, 1.82) is 0 Å². The molecule has 0 atom stereocenters. The van der Waals surface area contributed by atoms with E-state index in [9.17, 15) is 4.39 Å². The van der Waals surface area contributed by atoms with Gasteiger partial charge < -0.3 is 10.6 Å². The van der Waals surface area contributed by atoms with Crippen molar-refractivity contribution in [2.24, 2.45) is 4.99 Å².